The lowest BCUT2D eigenvalue weighted by Gasteiger charge is -2.09. The highest BCUT2D eigenvalue weighted by atomic mass is 16.5. The summed E-state index contributed by atoms with van der Waals surface area (Å²) >= 11 is 0. The van der Waals surface area contributed by atoms with Gasteiger partial charge in [0.15, 0.2) is 5.69 Å². The summed E-state index contributed by atoms with van der Waals surface area (Å²) in [5.74, 6) is 1.08. The lowest BCUT2D eigenvalue weighted by atomic mass is 10.2. The Labute approximate surface area is 146 Å². The second-order valence-corrected chi connectivity index (χ2v) is 5.96. The van der Waals surface area contributed by atoms with Crippen molar-refractivity contribution in [1.82, 2.24) is 19.6 Å². The molecule has 0 unspecified atom stereocenters. The van der Waals surface area contributed by atoms with Gasteiger partial charge in [-0.3, -0.25) is 9.48 Å². The van der Waals surface area contributed by atoms with Crippen LogP contribution in [0.3, 0.4) is 0 Å². The van der Waals surface area contributed by atoms with Gasteiger partial charge in [-0.1, -0.05) is 6.07 Å². The van der Waals surface area contributed by atoms with Crippen LogP contribution < -0.4 is 10.1 Å². The van der Waals surface area contributed by atoms with Gasteiger partial charge in [0, 0.05) is 18.8 Å². The fraction of sp³-hybridized carbons (Fsp3) is 0.278. The van der Waals surface area contributed by atoms with Gasteiger partial charge in [0.1, 0.15) is 17.3 Å². The summed E-state index contributed by atoms with van der Waals surface area (Å²) in [6.07, 6.45) is 1.74. The summed E-state index contributed by atoms with van der Waals surface area (Å²) in [4.78, 5) is 12.5. The van der Waals surface area contributed by atoms with E-state index in [9.17, 15) is 4.79 Å². The van der Waals surface area contributed by atoms with Crippen molar-refractivity contribution in [3.05, 3.63) is 53.0 Å². The third-order valence-corrected chi connectivity index (χ3v) is 4.16. The molecule has 0 radical (unpaired) electrons. The number of carbonyl (C=O) groups is 1. The largest absolute Gasteiger partial charge is 0.494 e. The lowest BCUT2D eigenvalue weighted by Crippen LogP contribution is -2.16. The number of rotatable bonds is 4. The standard InChI is InChI=1S/C18H21N5O2/c1-11-6-7-16(25-5)15(10-11)23-9-8-14(21-23)18(24)19-17-12(2)13(3)20-22(17)4/h6-10H,1-5H3,(H,19,24). The molecule has 0 aliphatic heterocycles. The molecule has 0 fully saturated rings. The molecule has 1 aromatic carbocycles. The van der Waals surface area contributed by atoms with Gasteiger partial charge in [-0.2, -0.15) is 10.2 Å². The third-order valence-electron chi connectivity index (χ3n) is 4.16. The SMILES string of the molecule is COc1ccc(C)cc1-n1ccc(C(=O)Nc2c(C)c(C)nn2C)n1. The second-order valence-electron chi connectivity index (χ2n) is 5.96. The fourth-order valence-electron chi connectivity index (χ4n) is 2.67. The van der Waals surface area contributed by atoms with Crippen LogP contribution in [0.5, 0.6) is 5.75 Å². The summed E-state index contributed by atoms with van der Waals surface area (Å²) in [6, 6.07) is 7.48. The Morgan fingerprint density at radius 3 is 2.56 bits per heavy atom. The van der Waals surface area contributed by atoms with Crippen molar-refractivity contribution in [3.8, 4) is 11.4 Å². The van der Waals surface area contributed by atoms with Crippen LogP contribution in [0.25, 0.3) is 5.69 Å². The van der Waals surface area contributed by atoms with Crippen LogP contribution in [0.1, 0.15) is 27.3 Å². The van der Waals surface area contributed by atoms with Gasteiger partial charge in [0.05, 0.1) is 12.8 Å². The molecule has 7 heteroatoms. The minimum Gasteiger partial charge on any atom is -0.494 e. The van der Waals surface area contributed by atoms with E-state index in [1.165, 1.54) is 0 Å². The Morgan fingerprint density at radius 1 is 1.16 bits per heavy atom. The van der Waals surface area contributed by atoms with Crippen LogP contribution in [0, 0.1) is 20.8 Å². The topological polar surface area (TPSA) is 74.0 Å². The van der Waals surface area contributed by atoms with E-state index in [1.54, 1.807) is 35.8 Å². The maximum absolute atomic E-state index is 12.5. The molecule has 1 N–H and O–H groups in total. The van der Waals surface area contributed by atoms with Gasteiger partial charge < -0.3 is 10.1 Å². The van der Waals surface area contributed by atoms with Crippen molar-refractivity contribution >= 4 is 11.7 Å². The molecule has 0 bridgehead atoms. The molecule has 0 saturated heterocycles. The first-order valence-corrected chi connectivity index (χ1v) is 7.93. The Hall–Kier alpha value is -3.09. The Morgan fingerprint density at radius 2 is 1.92 bits per heavy atom. The van der Waals surface area contributed by atoms with E-state index in [1.807, 2.05) is 39.0 Å². The number of hydrogen-bond donors (Lipinski definition) is 1. The molecule has 2 heterocycles. The number of benzene rings is 1. The van der Waals surface area contributed by atoms with Gasteiger partial charge in [0.25, 0.3) is 5.91 Å². The first kappa shape index (κ1) is 16.8. The second kappa shape index (κ2) is 6.43. The zero-order chi connectivity index (χ0) is 18.1. The van der Waals surface area contributed by atoms with E-state index >= 15 is 0 Å². The number of nitrogens with one attached hydrogen (secondary N) is 1. The van der Waals surface area contributed by atoms with Gasteiger partial charge >= 0.3 is 0 Å². The molecule has 3 aromatic rings. The minimum atomic E-state index is -0.281. The zero-order valence-corrected chi connectivity index (χ0v) is 15.0. The molecule has 25 heavy (non-hydrogen) atoms. The third kappa shape index (κ3) is 3.13. The monoisotopic (exact) mass is 339 g/mol. The predicted octanol–water partition coefficient (Wildman–Crippen LogP) is 2.79. The molecule has 0 aliphatic rings. The number of aromatic nitrogens is 4. The van der Waals surface area contributed by atoms with E-state index in [-0.39, 0.29) is 5.91 Å². The van der Waals surface area contributed by atoms with Gasteiger partial charge in [-0.05, 0) is 44.5 Å². The van der Waals surface area contributed by atoms with Crippen LogP contribution in [0.2, 0.25) is 0 Å². The minimum absolute atomic E-state index is 0.281. The van der Waals surface area contributed by atoms with E-state index < -0.39 is 0 Å². The highest BCUT2D eigenvalue weighted by molar-refractivity contribution is 6.02. The highest BCUT2D eigenvalue weighted by Crippen LogP contribution is 2.24. The van der Waals surface area contributed by atoms with E-state index in [2.05, 4.69) is 15.5 Å². The molecule has 130 valence electrons. The van der Waals surface area contributed by atoms with Crippen molar-refractivity contribution in [2.24, 2.45) is 7.05 Å². The number of methoxy groups -OCH3 is 1. The maximum Gasteiger partial charge on any atom is 0.277 e. The molecular weight excluding hydrogens is 318 g/mol. The van der Waals surface area contributed by atoms with Crippen LogP contribution in [-0.2, 0) is 7.05 Å². The molecule has 3 rings (SSSR count). The molecule has 7 nitrogen and oxygen atoms in total. The number of aryl methyl sites for hydroxylation is 3. The number of carbonyl (C=O) groups excluding carboxylic acids is 1. The number of nitrogens with zero attached hydrogens (tertiary/aromatic N) is 4. The number of anilines is 1. The molecule has 0 aliphatic carbocycles. The first-order chi connectivity index (χ1) is 11.9. The summed E-state index contributed by atoms with van der Waals surface area (Å²) in [7, 11) is 3.41. The quantitative estimate of drug-likeness (QED) is 0.793. The van der Waals surface area contributed by atoms with Crippen molar-refractivity contribution in [2.45, 2.75) is 20.8 Å². The van der Waals surface area contributed by atoms with Gasteiger partial charge in [0.2, 0.25) is 0 Å². The van der Waals surface area contributed by atoms with E-state index in [0.29, 0.717) is 17.3 Å². The smallest absolute Gasteiger partial charge is 0.277 e. The summed E-state index contributed by atoms with van der Waals surface area (Å²) in [5, 5.41) is 11.6. The molecule has 1 amide bonds. The van der Waals surface area contributed by atoms with E-state index in [4.69, 9.17) is 4.74 Å². The maximum atomic E-state index is 12.5. The van der Waals surface area contributed by atoms with Crippen molar-refractivity contribution in [2.75, 3.05) is 12.4 Å². The average Bonchev–Trinajstić information content (AvgIpc) is 3.16. The number of ether oxygens (including phenoxy) is 1. The van der Waals surface area contributed by atoms with Crippen LogP contribution in [0.4, 0.5) is 5.82 Å². The Bertz CT molecular complexity index is 939. The highest BCUT2D eigenvalue weighted by Gasteiger charge is 2.16. The summed E-state index contributed by atoms with van der Waals surface area (Å²) in [6.45, 7) is 5.82. The molecule has 0 spiro atoms. The number of hydrogen-bond acceptors (Lipinski definition) is 4. The van der Waals surface area contributed by atoms with Crippen molar-refractivity contribution in [3.63, 3.8) is 0 Å². The zero-order valence-electron chi connectivity index (χ0n) is 15.0. The van der Waals surface area contributed by atoms with Crippen molar-refractivity contribution < 1.29 is 9.53 Å². The first-order valence-electron chi connectivity index (χ1n) is 7.93. The molecule has 2 aromatic heterocycles. The predicted molar refractivity (Wildman–Crippen MR) is 95.5 cm³/mol. The number of amides is 1. The molecular formula is C18H21N5O2. The van der Waals surface area contributed by atoms with Crippen LogP contribution in [-0.4, -0.2) is 32.6 Å². The molecule has 0 atom stereocenters. The normalized spacial score (nSPS) is 10.8. The summed E-state index contributed by atoms with van der Waals surface area (Å²) in [5.41, 5.74) is 4.01. The Kier molecular flexibility index (Phi) is 4.31. The van der Waals surface area contributed by atoms with Crippen molar-refractivity contribution in [1.29, 1.82) is 0 Å². The van der Waals surface area contributed by atoms with Gasteiger partial charge in [-0.25, -0.2) is 4.68 Å². The Balaban J connectivity index is 1.89. The fourth-order valence-corrected chi connectivity index (χ4v) is 2.67. The molecule has 0 saturated carbocycles. The van der Waals surface area contributed by atoms with E-state index in [0.717, 1.165) is 22.5 Å². The summed E-state index contributed by atoms with van der Waals surface area (Å²) < 4.78 is 8.68. The van der Waals surface area contributed by atoms with Crippen LogP contribution >= 0.6 is 0 Å². The lowest BCUT2D eigenvalue weighted by molar-refractivity contribution is 0.102. The average molecular weight is 339 g/mol. The van der Waals surface area contributed by atoms with Gasteiger partial charge in [-0.15, -0.1) is 0 Å². The van der Waals surface area contributed by atoms with Crippen LogP contribution in [0.15, 0.2) is 30.5 Å².